The molecule has 1 N–H and O–H groups in total. The SMILES string of the molecule is O=C1COc2ccc(C(=O)CSc3nnc(-c4ccccc4)n3-c3ccccc3)cc2N1. The fourth-order valence-corrected chi connectivity index (χ4v) is 4.26. The van der Waals surface area contributed by atoms with Crippen molar-refractivity contribution in [1.29, 1.82) is 0 Å². The van der Waals surface area contributed by atoms with Crippen molar-refractivity contribution >= 4 is 29.1 Å². The number of nitrogens with one attached hydrogen (secondary N) is 1. The molecule has 8 heteroatoms. The Bertz CT molecular complexity index is 1290. The number of nitrogens with zero attached hydrogens (tertiary/aromatic N) is 3. The van der Waals surface area contributed by atoms with Crippen LogP contribution in [0.5, 0.6) is 5.75 Å². The highest BCUT2D eigenvalue weighted by Crippen LogP contribution is 2.31. The number of Topliss-reactive ketones (excluding diaryl/α,β-unsaturated/α-hetero) is 1. The molecular weight excluding hydrogens is 424 g/mol. The molecule has 0 atom stereocenters. The van der Waals surface area contributed by atoms with Crippen molar-refractivity contribution in [1.82, 2.24) is 14.8 Å². The first-order chi connectivity index (χ1) is 15.7. The van der Waals surface area contributed by atoms with E-state index in [1.807, 2.05) is 65.2 Å². The second kappa shape index (κ2) is 8.68. The van der Waals surface area contributed by atoms with Crippen molar-refractivity contribution in [3.8, 4) is 22.8 Å². The van der Waals surface area contributed by atoms with Gasteiger partial charge >= 0.3 is 0 Å². The van der Waals surface area contributed by atoms with Gasteiger partial charge in [-0.1, -0.05) is 60.3 Å². The zero-order valence-electron chi connectivity index (χ0n) is 16.9. The van der Waals surface area contributed by atoms with Crippen LogP contribution in [-0.4, -0.2) is 38.8 Å². The molecule has 1 aliphatic rings. The summed E-state index contributed by atoms with van der Waals surface area (Å²) in [5.41, 5.74) is 2.86. The molecule has 0 saturated heterocycles. The zero-order valence-corrected chi connectivity index (χ0v) is 17.7. The molecule has 1 aromatic heterocycles. The van der Waals surface area contributed by atoms with Crippen LogP contribution in [0.1, 0.15) is 10.4 Å². The van der Waals surface area contributed by atoms with Gasteiger partial charge in [-0.2, -0.15) is 0 Å². The van der Waals surface area contributed by atoms with Gasteiger partial charge in [0.1, 0.15) is 5.75 Å². The van der Waals surface area contributed by atoms with Gasteiger partial charge in [0.15, 0.2) is 23.4 Å². The van der Waals surface area contributed by atoms with Gasteiger partial charge in [-0.15, -0.1) is 10.2 Å². The maximum Gasteiger partial charge on any atom is 0.262 e. The van der Waals surface area contributed by atoms with Gasteiger partial charge in [0, 0.05) is 16.8 Å². The Kier molecular flexibility index (Phi) is 5.43. The van der Waals surface area contributed by atoms with Crippen LogP contribution in [0.3, 0.4) is 0 Å². The number of amides is 1. The topological polar surface area (TPSA) is 86.1 Å². The predicted molar refractivity (Wildman–Crippen MR) is 122 cm³/mol. The van der Waals surface area contributed by atoms with Crippen LogP contribution in [-0.2, 0) is 4.79 Å². The fourth-order valence-electron chi connectivity index (χ4n) is 3.42. The summed E-state index contributed by atoms with van der Waals surface area (Å²) in [6.45, 7) is -0.0188. The van der Waals surface area contributed by atoms with Crippen LogP contribution < -0.4 is 10.1 Å². The van der Waals surface area contributed by atoms with Crippen molar-refractivity contribution < 1.29 is 14.3 Å². The average Bonchev–Trinajstić information content (AvgIpc) is 3.27. The molecule has 5 rings (SSSR count). The van der Waals surface area contributed by atoms with Gasteiger partial charge in [-0.25, -0.2) is 0 Å². The third-order valence-electron chi connectivity index (χ3n) is 4.95. The van der Waals surface area contributed by atoms with Crippen LogP contribution >= 0.6 is 11.8 Å². The first kappa shape index (κ1) is 20.0. The highest BCUT2D eigenvalue weighted by atomic mass is 32.2. The molecule has 3 aromatic carbocycles. The molecule has 32 heavy (non-hydrogen) atoms. The number of ether oxygens (including phenoxy) is 1. The highest BCUT2D eigenvalue weighted by Gasteiger charge is 2.20. The molecule has 0 bridgehead atoms. The summed E-state index contributed by atoms with van der Waals surface area (Å²) >= 11 is 1.32. The second-order valence-electron chi connectivity index (χ2n) is 7.10. The number of benzene rings is 3. The smallest absolute Gasteiger partial charge is 0.262 e. The van der Waals surface area contributed by atoms with E-state index in [0.29, 0.717) is 28.0 Å². The molecule has 1 amide bonds. The van der Waals surface area contributed by atoms with E-state index in [-0.39, 0.29) is 24.1 Å². The minimum atomic E-state index is -0.235. The summed E-state index contributed by atoms with van der Waals surface area (Å²) in [6.07, 6.45) is 0. The van der Waals surface area contributed by atoms with Gasteiger partial charge < -0.3 is 10.1 Å². The number of carbonyl (C=O) groups excluding carboxylic acids is 2. The number of para-hydroxylation sites is 1. The lowest BCUT2D eigenvalue weighted by atomic mass is 10.1. The Morgan fingerprint density at radius 1 is 1.00 bits per heavy atom. The Balaban J connectivity index is 1.41. The molecule has 158 valence electrons. The Labute approximate surface area is 188 Å². The number of anilines is 1. The summed E-state index contributed by atoms with van der Waals surface area (Å²) in [5, 5.41) is 12.1. The van der Waals surface area contributed by atoms with E-state index in [9.17, 15) is 9.59 Å². The number of rotatable bonds is 6. The average molecular weight is 443 g/mol. The molecule has 7 nitrogen and oxygen atoms in total. The van der Waals surface area contributed by atoms with Gasteiger partial charge in [0.2, 0.25) is 0 Å². The van der Waals surface area contributed by atoms with E-state index >= 15 is 0 Å². The fraction of sp³-hybridized carbons (Fsp3) is 0.0833. The molecule has 0 fully saturated rings. The van der Waals surface area contributed by atoms with Crippen LogP contribution in [0.2, 0.25) is 0 Å². The molecule has 0 saturated carbocycles. The Hall–Kier alpha value is -3.91. The second-order valence-corrected chi connectivity index (χ2v) is 8.05. The van der Waals surface area contributed by atoms with E-state index in [0.717, 1.165) is 11.3 Å². The third kappa shape index (κ3) is 4.00. The normalized spacial score (nSPS) is 12.6. The van der Waals surface area contributed by atoms with Crippen molar-refractivity contribution in [2.75, 3.05) is 17.7 Å². The monoisotopic (exact) mass is 442 g/mol. The minimum Gasteiger partial charge on any atom is -0.482 e. The summed E-state index contributed by atoms with van der Waals surface area (Å²) in [5.74, 6) is 1.13. The Morgan fingerprint density at radius 2 is 1.75 bits per heavy atom. The van der Waals surface area contributed by atoms with Crippen LogP contribution in [0.4, 0.5) is 5.69 Å². The summed E-state index contributed by atoms with van der Waals surface area (Å²) in [7, 11) is 0. The lowest BCUT2D eigenvalue weighted by Crippen LogP contribution is -2.25. The number of carbonyl (C=O) groups is 2. The number of aromatic nitrogens is 3. The molecule has 0 spiro atoms. The van der Waals surface area contributed by atoms with Crippen LogP contribution in [0, 0.1) is 0 Å². The first-order valence-corrected chi connectivity index (χ1v) is 11.0. The predicted octanol–water partition coefficient (Wildman–Crippen LogP) is 4.24. The summed E-state index contributed by atoms with van der Waals surface area (Å²) < 4.78 is 7.31. The van der Waals surface area contributed by atoms with Crippen molar-refractivity contribution in [2.24, 2.45) is 0 Å². The number of thioether (sulfide) groups is 1. The van der Waals surface area contributed by atoms with Gasteiger partial charge in [0.25, 0.3) is 5.91 Å². The van der Waals surface area contributed by atoms with Crippen molar-refractivity contribution in [3.05, 3.63) is 84.4 Å². The first-order valence-electron chi connectivity index (χ1n) is 9.98. The standard InChI is InChI=1S/C24H18N4O3S/c29-20(17-11-12-21-19(13-17)25-22(30)14-31-21)15-32-24-27-26-23(16-7-3-1-4-8-16)28(24)18-9-5-2-6-10-18/h1-13H,14-15H2,(H,25,30). The van der Waals surface area contributed by atoms with Gasteiger partial charge in [0.05, 0.1) is 11.4 Å². The van der Waals surface area contributed by atoms with Gasteiger partial charge in [-0.3, -0.25) is 14.2 Å². The van der Waals surface area contributed by atoms with E-state index in [2.05, 4.69) is 15.5 Å². The maximum atomic E-state index is 12.9. The molecule has 0 radical (unpaired) electrons. The third-order valence-corrected chi connectivity index (χ3v) is 5.88. The number of hydrogen-bond donors (Lipinski definition) is 1. The zero-order chi connectivity index (χ0) is 21.9. The number of fused-ring (bicyclic) bond motifs is 1. The maximum absolute atomic E-state index is 12.9. The minimum absolute atomic E-state index is 0.0188. The molecular formula is C24H18N4O3S. The van der Waals surface area contributed by atoms with Crippen LogP contribution in [0.25, 0.3) is 17.1 Å². The summed E-state index contributed by atoms with van der Waals surface area (Å²) in [6, 6.07) is 24.7. The molecule has 1 aliphatic heterocycles. The van der Waals surface area contributed by atoms with E-state index in [1.165, 1.54) is 11.8 Å². The Morgan fingerprint density at radius 3 is 2.53 bits per heavy atom. The number of hydrogen-bond acceptors (Lipinski definition) is 6. The number of ketones is 1. The molecule has 0 unspecified atom stereocenters. The molecule has 2 heterocycles. The quantitative estimate of drug-likeness (QED) is 0.355. The lowest BCUT2D eigenvalue weighted by Gasteiger charge is -2.18. The van der Waals surface area contributed by atoms with E-state index < -0.39 is 0 Å². The van der Waals surface area contributed by atoms with Crippen LogP contribution in [0.15, 0.2) is 84.0 Å². The molecule has 4 aromatic rings. The summed E-state index contributed by atoms with van der Waals surface area (Å²) in [4.78, 5) is 24.4. The lowest BCUT2D eigenvalue weighted by molar-refractivity contribution is -0.118. The van der Waals surface area contributed by atoms with E-state index in [4.69, 9.17) is 4.74 Å². The van der Waals surface area contributed by atoms with E-state index in [1.54, 1.807) is 18.2 Å². The van der Waals surface area contributed by atoms with Gasteiger partial charge in [-0.05, 0) is 30.3 Å². The highest BCUT2D eigenvalue weighted by molar-refractivity contribution is 7.99. The largest absolute Gasteiger partial charge is 0.482 e. The van der Waals surface area contributed by atoms with Crippen molar-refractivity contribution in [2.45, 2.75) is 5.16 Å². The van der Waals surface area contributed by atoms with Crippen molar-refractivity contribution in [3.63, 3.8) is 0 Å². The molecule has 0 aliphatic carbocycles.